The molecule has 1 heterocycles. The van der Waals surface area contributed by atoms with Crippen molar-refractivity contribution in [3.05, 3.63) is 5.82 Å². The lowest BCUT2D eigenvalue weighted by molar-refractivity contribution is -0.138. The molecule has 1 N–H and O–H groups in total. The Morgan fingerprint density at radius 2 is 2.28 bits per heavy atom. The van der Waals surface area contributed by atoms with Gasteiger partial charge < -0.3 is 9.84 Å². The lowest BCUT2D eigenvalue weighted by Crippen LogP contribution is -2.29. The fraction of sp³-hybridized carbons (Fsp3) is 0.818. The molecule has 7 heteroatoms. The zero-order valence-electron chi connectivity index (χ0n) is 10.8. The zero-order valence-corrected chi connectivity index (χ0v) is 10.8. The van der Waals surface area contributed by atoms with Gasteiger partial charge in [0.1, 0.15) is 5.60 Å². The van der Waals surface area contributed by atoms with Gasteiger partial charge in [0, 0.05) is 7.11 Å². The van der Waals surface area contributed by atoms with Crippen molar-refractivity contribution in [2.75, 3.05) is 7.11 Å². The first-order valence-corrected chi connectivity index (χ1v) is 6.01. The molecule has 1 atom stereocenters. The van der Waals surface area contributed by atoms with E-state index >= 15 is 0 Å². The third kappa shape index (κ3) is 2.50. The van der Waals surface area contributed by atoms with E-state index in [4.69, 9.17) is 9.84 Å². The summed E-state index contributed by atoms with van der Waals surface area (Å²) in [5, 5.41) is 20.6. The fourth-order valence-corrected chi connectivity index (χ4v) is 2.02. The Morgan fingerprint density at radius 1 is 1.61 bits per heavy atom. The van der Waals surface area contributed by atoms with Gasteiger partial charge in [0.05, 0.1) is 12.5 Å². The third-order valence-corrected chi connectivity index (χ3v) is 3.41. The molecule has 1 aromatic heterocycles. The van der Waals surface area contributed by atoms with Gasteiger partial charge in [-0.15, -0.1) is 5.10 Å². The molecular formula is C11H18N4O3. The maximum Gasteiger partial charge on any atom is 0.305 e. The monoisotopic (exact) mass is 254 g/mol. The van der Waals surface area contributed by atoms with Crippen molar-refractivity contribution in [3.8, 4) is 0 Å². The Bertz CT molecular complexity index is 439. The minimum Gasteiger partial charge on any atom is -0.481 e. The summed E-state index contributed by atoms with van der Waals surface area (Å²) in [6.45, 7) is 3.72. The molecule has 0 bridgehead atoms. The number of aromatic nitrogens is 4. The molecule has 1 aromatic rings. The summed E-state index contributed by atoms with van der Waals surface area (Å²) in [6.07, 6.45) is 2.11. The average molecular weight is 254 g/mol. The second-order valence-electron chi connectivity index (χ2n) is 5.16. The van der Waals surface area contributed by atoms with Gasteiger partial charge in [-0.3, -0.25) is 4.79 Å². The summed E-state index contributed by atoms with van der Waals surface area (Å²) in [5.74, 6) is 0.0997. The van der Waals surface area contributed by atoms with Gasteiger partial charge in [-0.25, -0.2) is 4.68 Å². The zero-order chi connectivity index (χ0) is 13.3. The molecule has 18 heavy (non-hydrogen) atoms. The molecular weight excluding hydrogens is 236 g/mol. The van der Waals surface area contributed by atoms with E-state index in [-0.39, 0.29) is 12.5 Å². The van der Waals surface area contributed by atoms with E-state index < -0.39 is 11.6 Å². The van der Waals surface area contributed by atoms with Crippen molar-refractivity contribution in [3.63, 3.8) is 0 Å². The lowest BCUT2D eigenvalue weighted by Gasteiger charge is -2.24. The van der Waals surface area contributed by atoms with Crippen LogP contribution in [0, 0.1) is 5.92 Å². The lowest BCUT2D eigenvalue weighted by atomic mass is 10.1. The molecule has 7 nitrogen and oxygen atoms in total. The van der Waals surface area contributed by atoms with Crippen LogP contribution in [0.15, 0.2) is 0 Å². The van der Waals surface area contributed by atoms with Gasteiger partial charge in [0.15, 0.2) is 5.82 Å². The molecule has 0 saturated heterocycles. The van der Waals surface area contributed by atoms with E-state index in [0.29, 0.717) is 11.7 Å². The van der Waals surface area contributed by atoms with Crippen molar-refractivity contribution in [2.45, 2.75) is 44.8 Å². The molecule has 0 aromatic carbocycles. The van der Waals surface area contributed by atoms with Crippen LogP contribution in [0.3, 0.4) is 0 Å². The maximum atomic E-state index is 11.0. The second kappa shape index (κ2) is 4.64. The first-order chi connectivity index (χ1) is 8.45. The van der Waals surface area contributed by atoms with Crippen molar-refractivity contribution in [1.82, 2.24) is 20.2 Å². The fourth-order valence-electron chi connectivity index (χ4n) is 2.02. The van der Waals surface area contributed by atoms with Crippen LogP contribution in [-0.4, -0.2) is 38.4 Å². The minimum atomic E-state index is -0.830. The van der Waals surface area contributed by atoms with Crippen molar-refractivity contribution in [1.29, 1.82) is 0 Å². The number of ether oxygens (including phenoxy) is 1. The summed E-state index contributed by atoms with van der Waals surface area (Å²) in [7, 11) is 1.59. The van der Waals surface area contributed by atoms with E-state index in [2.05, 4.69) is 15.5 Å². The van der Waals surface area contributed by atoms with E-state index in [0.717, 1.165) is 12.8 Å². The Kier molecular flexibility index (Phi) is 3.34. The smallest absolute Gasteiger partial charge is 0.305 e. The minimum absolute atomic E-state index is 0.0441. The summed E-state index contributed by atoms with van der Waals surface area (Å²) in [6, 6.07) is -0.179. The molecule has 1 unspecified atom stereocenters. The molecule has 0 radical (unpaired) electrons. The molecule has 1 saturated carbocycles. The van der Waals surface area contributed by atoms with Crippen LogP contribution in [0.4, 0.5) is 0 Å². The SMILES string of the molecule is COC(C)(C)c1nnnn1C(CC(=O)O)C1CC1. The highest BCUT2D eigenvalue weighted by molar-refractivity contribution is 5.67. The molecule has 1 aliphatic rings. The average Bonchev–Trinajstić information content (AvgIpc) is 3.02. The second-order valence-corrected chi connectivity index (χ2v) is 5.16. The predicted octanol–water partition coefficient (Wildman–Crippen LogP) is 0.980. The van der Waals surface area contributed by atoms with Gasteiger partial charge in [-0.2, -0.15) is 0 Å². The number of hydrogen-bond donors (Lipinski definition) is 1. The van der Waals surface area contributed by atoms with Crippen LogP contribution < -0.4 is 0 Å². The molecule has 2 rings (SSSR count). The highest BCUT2D eigenvalue weighted by atomic mass is 16.5. The maximum absolute atomic E-state index is 11.0. The number of tetrazole rings is 1. The Morgan fingerprint density at radius 3 is 2.78 bits per heavy atom. The number of carboxylic acid groups (broad SMARTS) is 1. The van der Waals surface area contributed by atoms with E-state index in [1.165, 1.54) is 0 Å². The Labute approximate surface area is 105 Å². The van der Waals surface area contributed by atoms with Gasteiger partial charge in [0.2, 0.25) is 0 Å². The van der Waals surface area contributed by atoms with Crippen molar-refractivity contribution < 1.29 is 14.6 Å². The summed E-state index contributed by atoms with van der Waals surface area (Å²) >= 11 is 0. The van der Waals surface area contributed by atoms with Gasteiger partial charge >= 0.3 is 5.97 Å². The van der Waals surface area contributed by atoms with Crippen LogP contribution in [0.5, 0.6) is 0 Å². The van der Waals surface area contributed by atoms with Crippen molar-refractivity contribution in [2.24, 2.45) is 5.92 Å². The van der Waals surface area contributed by atoms with E-state index in [1.54, 1.807) is 11.8 Å². The highest BCUT2D eigenvalue weighted by Gasteiger charge is 2.39. The first kappa shape index (κ1) is 12.9. The summed E-state index contributed by atoms with van der Waals surface area (Å²) in [5.41, 5.74) is -0.630. The van der Waals surface area contributed by atoms with E-state index in [1.807, 2.05) is 13.8 Å². The molecule has 1 aliphatic carbocycles. The summed E-state index contributed by atoms with van der Waals surface area (Å²) < 4.78 is 6.99. The quantitative estimate of drug-likeness (QED) is 0.813. The normalized spacial score (nSPS) is 17.7. The number of rotatable bonds is 6. The standard InChI is InChI=1S/C11H18N4O3/c1-11(2,18-3)10-12-13-14-15(10)8(6-9(16)17)7-4-5-7/h7-8H,4-6H2,1-3H3,(H,16,17). The van der Waals surface area contributed by atoms with Crippen LogP contribution >= 0.6 is 0 Å². The number of aliphatic carboxylic acids is 1. The van der Waals surface area contributed by atoms with Gasteiger partial charge in [0.25, 0.3) is 0 Å². The van der Waals surface area contributed by atoms with E-state index in [9.17, 15) is 4.79 Å². The number of nitrogens with zero attached hydrogens (tertiary/aromatic N) is 4. The van der Waals surface area contributed by atoms with Crippen molar-refractivity contribution >= 4 is 5.97 Å². The third-order valence-electron chi connectivity index (χ3n) is 3.41. The topological polar surface area (TPSA) is 90.1 Å². The predicted molar refractivity (Wildman–Crippen MR) is 61.9 cm³/mol. The van der Waals surface area contributed by atoms with Gasteiger partial charge in [-0.05, 0) is 43.0 Å². The summed E-state index contributed by atoms with van der Waals surface area (Å²) in [4.78, 5) is 11.0. The molecule has 0 aliphatic heterocycles. The number of methoxy groups -OCH3 is 1. The molecule has 0 amide bonds. The number of carboxylic acids is 1. The van der Waals surface area contributed by atoms with Crippen LogP contribution in [0.1, 0.15) is 45.0 Å². The van der Waals surface area contributed by atoms with Crippen LogP contribution in [-0.2, 0) is 15.1 Å². The van der Waals surface area contributed by atoms with Crippen LogP contribution in [0.2, 0.25) is 0 Å². The first-order valence-electron chi connectivity index (χ1n) is 6.01. The Balaban J connectivity index is 2.31. The Hall–Kier alpha value is -1.50. The van der Waals surface area contributed by atoms with Gasteiger partial charge in [-0.1, -0.05) is 0 Å². The molecule has 1 fully saturated rings. The largest absolute Gasteiger partial charge is 0.481 e. The number of hydrogen-bond acceptors (Lipinski definition) is 5. The van der Waals surface area contributed by atoms with Crippen LogP contribution in [0.25, 0.3) is 0 Å². The molecule has 100 valence electrons. The number of carbonyl (C=O) groups is 1. The molecule has 0 spiro atoms. The highest BCUT2D eigenvalue weighted by Crippen LogP contribution is 2.42.